The zero-order valence-electron chi connectivity index (χ0n) is 9.55. The van der Waals surface area contributed by atoms with Crippen LogP contribution in [0.3, 0.4) is 0 Å². The molecule has 2 saturated heterocycles. The van der Waals surface area contributed by atoms with Gasteiger partial charge in [-0.3, -0.25) is 4.90 Å². The van der Waals surface area contributed by atoms with Crippen LogP contribution in [-0.2, 0) is 4.74 Å². The minimum absolute atomic E-state index is 0.283. The quantitative estimate of drug-likeness (QED) is 0.676. The molecule has 0 spiro atoms. The molecule has 0 saturated carbocycles. The van der Waals surface area contributed by atoms with Crippen molar-refractivity contribution in [1.82, 2.24) is 10.2 Å². The topological polar surface area (TPSA) is 24.5 Å². The second-order valence-corrected chi connectivity index (χ2v) is 5.26. The van der Waals surface area contributed by atoms with Crippen molar-refractivity contribution in [2.45, 2.75) is 44.8 Å². The average Bonchev–Trinajstić information content (AvgIpc) is 2.62. The minimum Gasteiger partial charge on any atom is -0.380 e. The van der Waals surface area contributed by atoms with E-state index >= 15 is 0 Å². The van der Waals surface area contributed by atoms with Gasteiger partial charge in [-0.05, 0) is 27.2 Å². The number of hydrogen-bond acceptors (Lipinski definition) is 3. The van der Waals surface area contributed by atoms with Crippen LogP contribution in [0.4, 0.5) is 0 Å². The van der Waals surface area contributed by atoms with E-state index in [1.165, 1.54) is 6.42 Å². The zero-order valence-corrected chi connectivity index (χ0v) is 9.55. The highest BCUT2D eigenvalue weighted by atomic mass is 16.5. The summed E-state index contributed by atoms with van der Waals surface area (Å²) >= 11 is 0. The van der Waals surface area contributed by atoms with E-state index in [0.29, 0.717) is 12.1 Å². The molecule has 2 rings (SSSR count). The Morgan fingerprint density at radius 1 is 1.43 bits per heavy atom. The molecule has 2 atom stereocenters. The molecule has 0 aromatic carbocycles. The molecule has 3 heteroatoms. The van der Waals surface area contributed by atoms with E-state index < -0.39 is 0 Å². The highest BCUT2D eigenvalue weighted by Crippen LogP contribution is 2.25. The summed E-state index contributed by atoms with van der Waals surface area (Å²) in [6, 6.07) is 1.26. The Morgan fingerprint density at radius 2 is 2.21 bits per heavy atom. The van der Waals surface area contributed by atoms with Crippen LogP contribution < -0.4 is 5.32 Å². The molecule has 2 heterocycles. The molecule has 1 N–H and O–H groups in total. The monoisotopic (exact) mass is 198 g/mol. The third-order valence-electron chi connectivity index (χ3n) is 3.48. The molecule has 0 aliphatic carbocycles. The number of hydrogen-bond donors (Lipinski definition) is 1. The summed E-state index contributed by atoms with van der Waals surface area (Å²) in [4.78, 5) is 2.63. The fraction of sp³-hybridized carbons (Fsp3) is 1.00. The van der Waals surface area contributed by atoms with Gasteiger partial charge in [0.25, 0.3) is 0 Å². The Kier molecular flexibility index (Phi) is 2.82. The molecule has 0 aromatic heterocycles. The highest BCUT2D eigenvalue weighted by Gasteiger charge is 2.38. The van der Waals surface area contributed by atoms with Crippen molar-refractivity contribution in [3.8, 4) is 0 Å². The molecular weight excluding hydrogens is 176 g/mol. The van der Waals surface area contributed by atoms with Crippen LogP contribution in [0.5, 0.6) is 0 Å². The summed E-state index contributed by atoms with van der Waals surface area (Å²) < 4.78 is 5.48. The Labute approximate surface area is 86.8 Å². The molecule has 2 aliphatic rings. The van der Waals surface area contributed by atoms with E-state index in [1.807, 2.05) is 0 Å². The first-order valence-corrected chi connectivity index (χ1v) is 5.67. The van der Waals surface area contributed by atoms with Gasteiger partial charge < -0.3 is 10.1 Å². The van der Waals surface area contributed by atoms with Gasteiger partial charge >= 0.3 is 0 Å². The van der Waals surface area contributed by atoms with Crippen LogP contribution in [0, 0.1) is 0 Å². The van der Waals surface area contributed by atoms with Gasteiger partial charge in [0, 0.05) is 37.3 Å². The zero-order chi connectivity index (χ0) is 10.2. The van der Waals surface area contributed by atoms with Gasteiger partial charge in [0.15, 0.2) is 0 Å². The predicted molar refractivity (Wildman–Crippen MR) is 57.5 cm³/mol. The van der Waals surface area contributed by atoms with Crippen LogP contribution in [0.15, 0.2) is 0 Å². The molecule has 82 valence electrons. The van der Waals surface area contributed by atoms with Crippen molar-refractivity contribution in [2.24, 2.45) is 0 Å². The highest BCUT2D eigenvalue weighted by molar-refractivity contribution is 4.95. The maximum absolute atomic E-state index is 5.48. The third kappa shape index (κ3) is 1.95. The van der Waals surface area contributed by atoms with Crippen LogP contribution >= 0.6 is 0 Å². The largest absolute Gasteiger partial charge is 0.380 e. The third-order valence-corrected chi connectivity index (χ3v) is 3.48. The standard InChI is InChI=1S/C11H22N2O/c1-9-6-13(10-4-5-14-7-10)11(2,3)8-12-9/h9-10,12H,4-8H2,1-3H3. The molecule has 2 unspecified atom stereocenters. The maximum atomic E-state index is 5.48. The molecule has 0 amide bonds. The number of nitrogens with zero attached hydrogens (tertiary/aromatic N) is 1. The number of piperazine rings is 1. The smallest absolute Gasteiger partial charge is 0.0622 e. The van der Waals surface area contributed by atoms with E-state index in [1.54, 1.807) is 0 Å². The molecule has 3 nitrogen and oxygen atoms in total. The van der Waals surface area contributed by atoms with Crippen LogP contribution in [0.1, 0.15) is 27.2 Å². The summed E-state index contributed by atoms with van der Waals surface area (Å²) in [7, 11) is 0. The summed E-state index contributed by atoms with van der Waals surface area (Å²) in [6.07, 6.45) is 1.20. The Hall–Kier alpha value is -0.120. The Morgan fingerprint density at radius 3 is 2.86 bits per heavy atom. The molecule has 0 aromatic rings. The van der Waals surface area contributed by atoms with E-state index in [2.05, 4.69) is 31.0 Å². The average molecular weight is 198 g/mol. The van der Waals surface area contributed by atoms with Gasteiger partial charge in [-0.15, -0.1) is 0 Å². The number of rotatable bonds is 1. The summed E-state index contributed by atoms with van der Waals surface area (Å²) in [5.74, 6) is 0. The molecule has 0 radical (unpaired) electrons. The lowest BCUT2D eigenvalue weighted by Gasteiger charge is -2.48. The second kappa shape index (κ2) is 3.80. The van der Waals surface area contributed by atoms with Crippen molar-refractivity contribution in [3.63, 3.8) is 0 Å². The van der Waals surface area contributed by atoms with E-state index in [4.69, 9.17) is 4.74 Å². The first-order valence-electron chi connectivity index (χ1n) is 5.67. The van der Waals surface area contributed by atoms with E-state index in [9.17, 15) is 0 Å². The molecule has 2 fully saturated rings. The molecule has 14 heavy (non-hydrogen) atoms. The Balaban J connectivity index is 2.05. The number of ether oxygens (including phenoxy) is 1. The van der Waals surface area contributed by atoms with Gasteiger partial charge in [0.05, 0.1) is 6.61 Å². The summed E-state index contributed by atoms with van der Waals surface area (Å²) in [5, 5.41) is 3.54. The predicted octanol–water partition coefficient (Wildman–Crippen LogP) is 0.848. The Bertz CT molecular complexity index is 199. The first-order chi connectivity index (χ1) is 6.59. The molecule has 0 bridgehead atoms. The van der Waals surface area contributed by atoms with Gasteiger partial charge in [-0.25, -0.2) is 0 Å². The van der Waals surface area contributed by atoms with Crippen LogP contribution in [0.25, 0.3) is 0 Å². The van der Waals surface area contributed by atoms with Crippen molar-refractivity contribution in [3.05, 3.63) is 0 Å². The normalized spacial score (nSPS) is 38.8. The van der Waals surface area contributed by atoms with Gasteiger partial charge in [-0.2, -0.15) is 0 Å². The van der Waals surface area contributed by atoms with Crippen molar-refractivity contribution in [2.75, 3.05) is 26.3 Å². The van der Waals surface area contributed by atoms with Crippen molar-refractivity contribution in [1.29, 1.82) is 0 Å². The van der Waals surface area contributed by atoms with Gasteiger partial charge in [0.2, 0.25) is 0 Å². The minimum atomic E-state index is 0.283. The van der Waals surface area contributed by atoms with Crippen molar-refractivity contribution >= 4 is 0 Å². The summed E-state index contributed by atoms with van der Waals surface area (Å²) in [5.41, 5.74) is 0.283. The fourth-order valence-corrected chi connectivity index (χ4v) is 2.54. The SMILES string of the molecule is CC1CN(C2CCOC2)C(C)(C)CN1. The lowest BCUT2D eigenvalue weighted by atomic mass is 9.95. The van der Waals surface area contributed by atoms with Crippen LogP contribution in [0.2, 0.25) is 0 Å². The summed E-state index contributed by atoms with van der Waals surface area (Å²) in [6.45, 7) is 11.0. The lowest BCUT2D eigenvalue weighted by molar-refractivity contribution is 0.0229. The van der Waals surface area contributed by atoms with Crippen LogP contribution in [-0.4, -0.2) is 48.8 Å². The van der Waals surface area contributed by atoms with Crippen molar-refractivity contribution < 1.29 is 4.74 Å². The molecular formula is C11H22N2O. The van der Waals surface area contributed by atoms with E-state index in [-0.39, 0.29) is 5.54 Å². The molecule has 2 aliphatic heterocycles. The fourth-order valence-electron chi connectivity index (χ4n) is 2.54. The lowest BCUT2D eigenvalue weighted by Crippen LogP contribution is -2.64. The van der Waals surface area contributed by atoms with Gasteiger partial charge in [-0.1, -0.05) is 0 Å². The maximum Gasteiger partial charge on any atom is 0.0622 e. The number of nitrogens with one attached hydrogen (secondary N) is 1. The first kappa shape index (κ1) is 10.4. The van der Waals surface area contributed by atoms with Gasteiger partial charge in [0.1, 0.15) is 0 Å². The second-order valence-electron chi connectivity index (χ2n) is 5.26. The van der Waals surface area contributed by atoms with E-state index in [0.717, 1.165) is 26.3 Å².